The summed E-state index contributed by atoms with van der Waals surface area (Å²) in [4.78, 5) is 41.4. The van der Waals surface area contributed by atoms with E-state index in [-0.39, 0.29) is 17.1 Å². The number of carbonyl (C=O) groups is 3. The fourth-order valence-electron chi connectivity index (χ4n) is 4.11. The molecule has 0 fully saturated rings. The fraction of sp³-hybridized carbons (Fsp3) is 0.345. The molecule has 3 amide bonds. The number of fused-ring (bicyclic) bond motifs is 1. The zero-order valence-corrected chi connectivity index (χ0v) is 23.2. The highest BCUT2D eigenvalue weighted by Crippen LogP contribution is 2.32. The van der Waals surface area contributed by atoms with Crippen LogP contribution in [0.4, 0.5) is 10.5 Å². The molecule has 2 atom stereocenters. The Hall–Kier alpha value is -3.72. The molecule has 9 heteroatoms. The Morgan fingerprint density at radius 2 is 1.61 bits per heavy atom. The third-order valence-corrected chi connectivity index (χ3v) is 6.12. The minimum absolute atomic E-state index is 0.0267. The van der Waals surface area contributed by atoms with Gasteiger partial charge < -0.3 is 25.4 Å². The van der Waals surface area contributed by atoms with Crippen LogP contribution in [0.3, 0.4) is 0 Å². The van der Waals surface area contributed by atoms with Crippen LogP contribution in [0, 0.1) is 0 Å². The number of anilines is 1. The van der Waals surface area contributed by atoms with Crippen molar-refractivity contribution in [2.24, 2.45) is 0 Å². The average molecular weight is 538 g/mol. The second-order valence-corrected chi connectivity index (χ2v) is 10.6. The summed E-state index contributed by atoms with van der Waals surface area (Å²) in [5.41, 5.74) is 0.0373. The predicted octanol–water partition coefficient (Wildman–Crippen LogP) is 5.29. The van der Waals surface area contributed by atoms with Gasteiger partial charge in [-0.1, -0.05) is 48.5 Å². The molecule has 2 unspecified atom stereocenters. The maximum absolute atomic E-state index is 13.8. The van der Waals surface area contributed by atoms with E-state index in [0.717, 1.165) is 10.8 Å². The molecule has 0 aromatic heterocycles. The van der Waals surface area contributed by atoms with E-state index in [1.54, 1.807) is 58.9 Å². The van der Waals surface area contributed by atoms with Crippen molar-refractivity contribution < 1.29 is 24.2 Å². The Labute approximate surface area is 228 Å². The lowest BCUT2D eigenvalue weighted by atomic mass is 10.00. The predicted molar refractivity (Wildman–Crippen MR) is 152 cm³/mol. The largest absolute Gasteiger partial charge is 0.508 e. The minimum Gasteiger partial charge on any atom is -0.508 e. The van der Waals surface area contributed by atoms with Gasteiger partial charge >= 0.3 is 6.09 Å². The number of amides is 3. The molecule has 38 heavy (non-hydrogen) atoms. The molecular weight excluding hydrogens is 502 g/mol. The van der Waals surface area contributed by atoms with E-state index in [2.05, 4.69) is 23.3 Å². The van der Waals surface area contributed by atoms with Crippen LogP contribution in [0.5, 0.6) is 5.75 Å². The first-order valence-corrected chi connectivity index (χ1v) is 13.0. The number of nitrogens with one attached hydrogen (secondary N) is 2. The van der Waals surface area contributed by atoms with Crippen molar-refractivity contribution in [1.29, 1.82) is 0 Å². The van der Waals surface area contributed by atoms with Crippen LogP contribution in [-0.4, -0.2) is 51.4 Å². The van der Waals surface area contributed by atoms with Crippen LogP contribution in [-0.2, 0) is 14.3 Å². The van der Waals surface area contributed by atoms with Crippen molar-refractivity contribution in [3.8, 4) is 5.75 Å². The van der Waals surface area contributed by atoms with Gasteiger partial charge in [0.2, 0.25) is 5.91 Å². The molecule has 0 heterocycles. The first kappa shape index (κ1) is 28.8. The molecule has 3 aromatic carbocycles. The van der Waals surface area contributed by atoms with Crippen LogP contribution in [0.15, 0.2) is 66.7 Å². The fourth-order valence-corrected chi connectivity index (χ4v) is 4.36. The zero-order valence-electron chi connectivity index (χ0n) is 22.3. The van der Waals surface area contributed by atoms with Crippen molar-refractivity contribution in [1.82, 2.24) is 10.2 Å². The van der Waals surface area contributed by atoms with Gasteiger partial charge in [0.15, 0.2) is 0 Å². The van der Waals surface area contributed by atoms with Gasteiger partial charge in [-0.15, -0.1) is 0 Å². The third-order valence-electron chi connectivity index (χ3n) is 5.76. The second kappa shape index (κ2) is 12.2. The Morgan fingerprint density at radius 1 is 0.974 bits per heavy atom. The van der Waals surface area contributed by atoms with E-state index in [1.807, 2.05) is 36.4 Å². The number of ether oxygens (including phenoxy) is 1. The topological polar surface area (TPSA) is 108 Å². The summed E-state index contributed by atoms with van der Waals surface area (Å²) in [5.74, 6) is -1.21. The van der Waals surface area contributed by atoms with Gasteiger partial charge in [-0.2, -0.15) is 12.6 Å². The first-order chi connectivity index (χ1) is 17.9. The molecule has 0 aliphatic carbocycles. The molecule has 0 radical (unpaired) electrons. The number of aromatic hydroxyl groups is 1. The van der Waals surface area contributed by atoms with Crippen LogP contribution in [0.1, 0.15) is 46.2 Å². The standard InChI is InChI=1S/C29H35N3O5S/c1-18(2)32(27(35)23(17-38)31-28(36)37-29(3,4)5)25(22-12-8-9-13-24(22)33)26(34)30-21-15-14-19-10-6-7-11-20(19)16-21/h6-16,18,23,25,33,38H,17H2,1-5H3,(H,30,34)(H,31,36). The Bertz CT molecular complexity index is 1300. The van der Waals surface area contributed by atoms with Gasteiger partial charge in [-0.3, -0.25) is 9.59 Å². The van der Waals surface area contributed by atoms with Crippen LogP contribution < -0.4 is 10.6 Å². The van der Waals surface area contributed by atoms with Crippen LogP contribution in [0.2, 0.25) is 0 Å². The van der Waals surface area contributed by atoms with Crippen LogP contribution >= 0.6 is 12.6 Å². The number of phenolic OH excluding ortho intramolecular Hbond substituents is 1. The second-order valence-electron chi connectivity index (χ2n) is 10.2. The lowest BCUT2D eigenvalue weighted by Crippen LogP contribution is -2.55. The summed E-state index contributed by atoms with van der Waals surface area (Å²) in [5, 5.41) is 18.1. The molecular formula is C29H35N3O5S. The summed E-state index contributed by atoms with van der Waals surface area (Å²) in [6.45, 7) is 8.68. The highest BCUT2D eigenvalue weighted by Gasteiger charge is 2.38. The number of nitrogens with zero attached hydrogens (tertiary/aromatic N) is 1. The molecule has 0 saturated carbocycles. The van der Waals surface area contributed by atoms with E-state index in [1.165, 1.54) is 11.0 Å². The molecule has 0 aliphatic heterocycles. The summed E-state index contributed by atoms with van der Waals surface area (Å²) in [7, 11) is 0. The molecule has 8 nitrogen and oxygen atoms in total. The molecule has 0 spiro atoms. The molecule has 0 saturated heterocycles. The summed E-state index contributed by atoms with van der Waals surface area (Å²) < 4.78 is 5.31. The lowest BCUT2D eigenvalue weighted by molar-refractivity contribution is -0.142. The number of thiol groups is 1. The normalized spacial score (nSPS) is 13.0. The van der Waals surface area contributed by atoms with Crippen LogP contribution in [0.25, 0.3) is 10.8 Å². The maximum Gasteiger partial charge on any atom is 0.408 e. The van der Waals surface area contributed by atoms with E-state index in [4.69, 9.17) is 4.74 Å². The van der Waals surface area contributed by atoms with Gasteiger partial charge in [-0.25, -0.2) is 4.79 Å². The third kappa shape index (κ3) is 7.19. The molecule has 3 N–H and O–H groups in total. The van der Waals surface area contributed by atoms with E-state index in [9.17, 15) is 19.5 Å². The molecule has 3 rings (SSSR count). The van der Waals surface area contributed by atoms with Gasteiger partial charge in [0.1, 0.15) is 23.4 Å². The maximum atomic E-state index is 13.8. The van der Waals surface area contributed by atoms with Crippen molar-refractivity contribution in [2.45, 2.75) is 58.3 Å². The van der Waals surface area contributed by atoms with Crippen molar-refractivity contribution >= 4 is 47.0 Å². The Morgan fingerprint density at radius 3 is 2.21 bits per heavy atom. The molecule has 3 aromatic rings. The van der Waals surface area contributed by atoms with Crippen molar-refractivity contribution in [3.05, 3.63) is 72.3 Å². The number of rotatable bonds is 8. The van der Waals surface area contributed by atoms with Gasteiger partial charge in [-0.05, 0) is 63.6 Å². The summed E-state index contributed by atoms with van der Waals surface area (Å²) >= 11 is 4.28. The number of phenols is 1. The van der Waals surface area contributed by atoms with Crippen molar-refractivity contribution in [2.75, 3.05) is 11.1 Å². The first-order valence-electron chi connectivity index (χ1n) is 12.4. The highest BCUT2D eigenvalue weighted by molar-refractivity contribution is 7.80. The molecule has 202 valence electrons. The smallest absolute Gasteiger partial charge is 0.408 e. The quantitative estimate of drug-likeness (QED) is 0.292. The molecule has 0 bridgehead atoms. The number of alkyl carbamates (subject to hydrolysis) is 1. The number of carbonyl (C=O) groups excluding carboxylic acids is 3. The number of para-hydroxylation sites is 1. The molecule has 0 aliphatic rings. The number of hydrogen-bond acceptors (Lipinski definition) is 6. The van der Waals surface area contributed by atoms with Gasteiger partial charge in [0.25, 0.3) is 5.91 Å². The van der Waals surface area contributed by atoms with Gasteiger partial charge in [0.05, 0.1) is 0 Å². The summed E-state index contributed by atoms with van der Waals surface area (Å²) in [6.07, 6.45) is -0.770. The Balaban J connectivity index is 1.98. The van der Waals surface area contributed by atoms with E-state index < -0.39 is 41.6 Å². The average Bonchev–Trinajstić information content (AvgIpc) is 2.84. The lowest BCUT2D eigenvalue weighted by Gasteiger charge is -2.37. The van der Waals surface area contributed by atoms with Gasteiger partial charge in [0, 0.05) is 23.0 Å². The monoisotopic (exact) mass is 537 g/mol. The highest BCUT2D eigenvalue weighted by atomic mass is 32.1. The zero-order chi connectivity index (χ0) is 28.0. The number of hydrogen-bond donors (Lipinski definition) is 4. The minimum atomic E-state index is -1.20. The SMILES string of the molecule is CC(C)N(C(=O)C(CS)NC(=O)OC(C)(C)C)C(C(=O)Nc1ccc2ccccc2c1)c1ccccc1O. The number of benzene rings is 3. The van der Waals surface area contributed by atoms with Crippen molar-refractivity contribution in [3.63, 3.8) is 0 Å². The summed E-state index contributed by atoms with van der Waals surface area (Å²) in [6, 6.07) is 16.9. The van der Waals surface area contributed by atoms with E-state index in [0.29, 0.717) is 5.69 Å². The Kier molecular flexibility index (Phi) is 9.27. The van der Waals surface area contributed by atoms with E-state index >= 15 is 0 Å².